The molecule has 0 aromatic heterocycles. The van der Waals surface area contributed by atoms with Crippen LogP contribution in [0.5, 0.6) is 0 Å². The van der Waals surface area contributed by atoms with E-state index in [0.717, 1.165) is 0 Å². The first-order valence-electron chi connectivity index (χ1n) is 3.14. The van der Waals surface area contributed by atoms with Crippen LogP contribution >= 0.6 is 0 Å². The molecule has 1 N–H and O–H groups in total. The second-order valence-electron chi connectivity index (χ2n) is 1.77. The molecule has 0 atom stereocenters. The molecule has 11 heavy (non-hydrogen) atoms. The third-order valence-corrected chi connectivity index (χ3v) is 1.17. The number of methoxy groups -OCH3 is 1. The fraction of sp³-hybridized carbons (Fsp3) is 0.429. The molecule has 0 aromatic carbocycles. The molecular weight excluding hydrogens is 146 g/mol. The van der Waals surface area contributed by atoms with Crippen LogP contribution in [0.4, 0.5) is 0 Å². The Morgan fingerprint density at radius 1 is 1.45 bits per heavy atom. The Morgan fingerprint density at radius 2 is 2.00 bits per heavy atom. The summed E-state index contributed by atoms with van der Waals surface area (Å²) in [6, 6.07) is 0. The summed E-state index contributed by atoms with van der Waals surface area (Å²) in [5.41, 5.74) is 0.0231. The fourth-order valence-corrected chi connectivity index (χ4v) is 0.586. The van der Waals surface area contributed by atoms with Crippen LogP contribution in [0.2, 0.25) is 0 Å². The lowest BCUT2D eigenvalue weighted by Gasteiger charge is -2.01. The number of ether oxygens (including phenoxy) is 1. The van der Waals surface area contributed by atoms with Crippen LogP contribution in [0.25, 0.3) is 0 Å². The van der Waals surface area contributed by atoms with E-state index in [-0.39, 0.29) is 5.57 Å². The van der Waals surface area contributed by atoms with Crippen molar-refractivity contribution >= 4 is 11.9 Å². The van der Waals surface area contributed by atoms with Crippen molar-refractivity contribution < 1.29 is 14.3 Å². The third kappa shape index (κ3) is 2.41. The van der Waals surface area contributed by atoms with Crippen LogP contribution in [0.3, 0.4) is 0 Å². The Labute approximate surface area is 65.2 Å². The zero-order valence-electron chi connectivity index (χ0n) is 6.80. The molecule has 0 aromatic rings. The molecule has 0 aliphatic carbocycles. The summed E-state index contributed by atoms with van der Waals surface area (Å²) >= 11 is 0. The van der Waals surface area contributed by atoms with Crippen molar-refractivity contribution in [1.82, 2.24) is 5.32 Å². The minimum absolute atomic E-state index is 0.0231. The molecule has 0 rings (SSSR count). The van der Waals surface area contributed by atoms with E-state index in [2.05, 4.69) is 10.1 Å². The van der Waals surface area contributed by atoms with Gasteiger partial charge in [0.05, 0.1) is 7.11 Å². The number of carbonyl (C=O) groups excluding carboxylic acids is 2. The summed E-state index contributed by atoms with van der Waals surface area (Å²) in [4.78, 5) is 21.7. The maximum Gasteiger partial charge on any atom is 0.343 e. The van der Waals surface area contributed by atoms with E-state index in [0.29, 0.717) is 0 Å². The first kappa shape index (κ1) is 9.68. The number of rotatable bonds is 2. The Balaban J connectivity index is 4.43. The van der Waals surface area contributed by atoms with E-state index in [4.69, 9.17) is 0 Å². The van der Waals surface area contributed by atoms with Gasteiger partial charge in [0.15, 0.2) is 0 Å². The summed E-state index contributed by atoms with van der Waals surface area (Å²) in [6.45, 7) is 1.60. The van der Waals surface area contributed by atoms with Gasteiger partial charge in [-0.05, 0) is 6.92 Å². The molecule has 1 amide bonds. The van der Waals surface area contributed by atoms with Crippen molar-refractivity contribution in [2.24, 2.45) is 0 Å². The molecule has 0 saturated heterocycles. The first-order valence-corrected chi connectivity index (χ1v) is 3.14. The quantitative estimate of drug-likeness (QED) is 0.262. The molecule has 0 fully saturated rings. The molecule has 0 unspecified atom stereocenters. The highest BCUT2D eigenvalue weighted by Crippen LogP contribution is 1.96. The minimum Gasteiger partial charge on any atom is -0.465 e. The molecule has 0 radical (unpaired) electrons. The van der Waals surface area contributed by atoms with Crippen molar-refractivity contribution in [2.75, 3.05) is 14.2 Å². The highest BCUT2D eigenvalue weighted by Gasteiger charge is 2.15. The van der Waals surface area contributed by atoms with E-state index in [1.54, 1.807) is 6.92 Å². The Kier molecular flexibility index (Phi) is 3.95. The smallest absolute Gasteiger partial charge is 0.343 e. The van der Waals surface area contributed by atoms with Gasteiger partial charge in [0.2, 0.25) is 0 Å². The lowest BCUT2D eigenvalue weighted by molar-refractivity contribution is -0.138. The monoisotopic (exact) mass is 157 g/mol. The predicted octanol–water partition coefficient (Wildman–Crippen LogP) is -0.148. The van der Waals surface area contributed by atoms with Crippen LogP contribution in [0, 0.1) is 0 Å². The van der Waals surface area contributed by atoms with Gasteiger partial charge in [0.1, 0.15) is 5.57 Å². The number of amides is 1. The van der Waals surface area contributed by atoms with Crippen LogP contribution in [-0.4, -0.2) is 26.0 Å². The molecule has 62 valence electrons. The summed E-state index contributed by atoms with van der Waals surface area (Å²) in [5, 5.41) is 2.32. The number of carbonyl (C=O) groups is 2. The lowest BCUT2D eigenvalue weighted by atomic mass is 10.2. The number of esters is 1. The number of likely N-dealkylation sites (N-methyl/N-ethyl adjacent to an activating group) is 1. The van der Waals surface area contributed by atoms with Gasteiger partial charge < -0.3 is 10.1 Å². The summed E-state index contributed by atoms with van der Waals surface area (Å²) in [6.07, 6.45) is 1.41. The molecule has 0 bridgehead atoms. The molecule has 4 heteroatoms. The topological polar surface area (TPSA) is 55.4 Å². The summed E-state index contributed by atoms with van der Waals surface area (Å²) < 4.78 is 4.36. The standard InChI is InChI=1S/C7H11NO3/c1-4-5(6(9)8-2)7(10)11-3/h4H,1-3H3,(H,8,9)/b5-4+. The molecule has 0 aliphatic rings. The van der Waals surface area contributed by atoms with Crippen LogP contribution < -0.4 is 5.32 Å². The molecular formula is C7H11NO3. The van der Waals surface area contributed by atoms with Crippen molar-refractivity contribution in [2.45, 2.75) is 6.92 Å². The Bertz CT molecular complexity index is 178. The van der Waals surface area contributed by atoms with Gasteiger partial charge in [-0.25, -0.2) is 4.79 Å². The maximum absolute atomic E-state index is 10.9. The van der Waals surface area contributed by atoms with Gasteiger partial charge >= 0.3 is 5.97 Å². The van der Waals surface area contributed by atoms with Crippen molar-refractivity contribution in [3.8, 4) is 0 Å². The largest absolute Gasteiger partial charge is 0.465 e. The normalized spacial score (nSPS) is 10.6. The van der Waals surface area contributed by atoms with Gasteiger partial charge in [-0.1, -0.05) is 6.08 Å². The molecule has 4 nitrogen and oxygen atoms in total. The summed E-state index contributed by atoms with van der Waals surface area (Å²) in [5.74, 6) is -1.05. The maximum atomic E-state index is 10.9. The van der Waals surface area contributed by atoms with E-state index in [9.17, 15) is 9.59 Å². The third-order valence-electron chi connectivity index (χ3n) is 1.17. The zero-order chi connectivity index (χ0) is 8.85. The first-order chi connectivity index (χ1) is 5.17. The van der Waals surface area contributed by atoms with Gasteiger partial charge in [0, 0.05) is 7.05 Å². The van der Waals surface area contributed by atoms with Crippen molar-refractivity contribution in [1.29, 1.82) is 0 Å². The zero-order valence-corrected chi connectivity index (χ0v) is 6.80. The average Bonchev–Trinajstić information content (AvgIpc) is 2.05. The minimum atomic E-state index is -0.619. The summed E-state index contributed by atoms with van der Waals surface area (Å²) in [7, 11) is 2.68. The van der Waals surface area contributed by atoms with Crippen molar-refractivity contribution in [3.05, 3.63) is 11.6 Å². The predicted molar refractivity (Wildman–Crippen MR) is 39.8 cm³/mol. The van der Waals surface area contributed by atoms with Gasteiger partial charge in [0.25, 0.3) is 5.91 Å². The average molecular weight is 157 g/mol. The SMILES string of the molecule is C/C=C(\C(=O)NC)C(=O)OC. The van der Waals surface area contributed by atoms with Crippen LogP contribution in [0.1, 0.15) is 6.92 Å². The van der Waals surface area contributed by atoms with E-state index >= 15 is 0 Å². The number of allylic oxidation sites excluding steroid dienone is 1. The second-order valence-corrected chi connectivity index (χ2v) is 1.77. The molecule has 0 spiro atoms. The van der Waals surface area contributed by atoms with Crippen molar-refractivity contribution in [3.63, 3.8) is 0 Å². The number of nitrogens with one attached hydrogen (secondary N) is 1. The Hall–Kier alpha value is -1.32. The van der Waals surface area contributed by atoms with Crippen LogP contribution in [0.15, 0.2) is 11.6 Å². The van der Waals surface area contributed by atoms with Gasteiger partial charge in [-0.2, -0.15) is 0 Å². The number of hydrogen-bond donors (Lipinski definition) is 1. The van der Waals surface area contributed by atoms with E-state index in [1.807, 2.05) is 0 Å². The lowest BCUT2D eigenvalue weighted by Crippen LogP contribution is -2.25. The molecule has 0 aliphatic heterocycles. The molecule has 0 heterocycles. The fourth-order valence-electron chi connectivity index (χ4n) is 0.586. The van der Waals surface area contributed by atoms with Gasteiger partial charge in [-0.3, -0.25) is 4.79 Å². The Morgan fingerprint density at radius 3 is 2.27 bits per heavy atom. The highest BCUT2D eigenvalue weighted by atomic mass is 16.5. The highest BCUT2D eigenvalue weighted by molar-refractivity contribution is 6.16. The van der Waals surface area contributed by atoms with E-state index < -0.39 is 11.9 Å². The second kappa shape index (κ2) is 4.49. The number of hydrogen-bond acceptors (Lipinski definition) is 3. The molecule has 0 saturated carbocycles. The van der Waals surface area contributed by atoms with E-state index in [1.165, 1.54) is 20.2 Å². The van der Waals surface area contributed by atoms with Gasteiger partial charge in [-0.15, -0.1) is 0 Å². The van der Waals surface area contributed by atoms with Crippen LogP contribution in [-0.2, 0) is 14.3 Å².